The molecule has 3 heteroatoms. The highest BCUT2D eigenvalue weighted by Crippen LogP contribution is 2.24. The molecule has 15 heavy (non-hydrogen) atoms. The molecule has 0 aliphatic carbocycles. The van der Waals surface area contributed by atoms with E-state index in [1.54, 1.807) is 12.5 Å². The molecule has 3 nitrogen and oxygen atoms in total. The molecule has 0 fully saturated rings. The number of nitrogens with one attached hydrogen (secondary N) is 1. The molecule has 0 radical (unpaired) electrons. The summed E-state index contributed by atoms with van der Waals surface area (Å²) in [6.07, 6.45) is 4.32. The molecule has 0 bridgehead atoms. The number of hydrogen-bond acceptors (Lipinski definition) is 2. The van der Waals surface area contributed by atoms with E-state index in [1.807, 2.05) is 24.3 Å². The van der Waals surface area contributed by atoms with Crippen molar-refractivity contribution < 1.29 is 4.79 Å². The number of aromatic amines is 1. The molecular weight excluding hydrogens is 188 g/mol. The highest BCUT2D eigenvalue weighted by Gasteiger charge is 2.12. The van der Waals surface area contributed by atoms with Gasteiger partial charge in [-0.2, -0.15) is 0 Å². The van der Waals surface area contributed by atoms with Crippen molar-refractivity contribution >= 4 is 6.29 Å². The Labute approximate surface area is 88.2 Å². The summed E-state index contributed by atoms with van der Waals surface area (Å²) in [6, 6.07) is 7.60. The quantitative estimate of drug-likeness (QED) is 0.773. The van der Waals surface area contributed by atoms with Crippen molar-refractivity contribution in [2.45, 2.75) is 12.8 Å². The largest absolute Gasteiger partial charge is 0.348 e. The predicted molar refractivity (Wildman–Crippen MR) is 57.9 cm³/mol. The Balaban J connectivity index is 2.41. The van der Waals surface area contributed by atoms with Crippen molar-refractivity contribution in [3.63, 3.8) is 0 Å². The third-order valence-electron chi connectivity index (χ3n) is 2.58. The predicted octanol–water partition coefficient (Wildman–Crippen LogP) is 2.37. The number of carbonyl (C=O) groups excluding carboxylic acids is 1. The van der Waals surface area contributed by atoms with Gasteiger partial charge in [0.05, 0.1) is 6.33 Å². The molecule has 2 aromatic rings. The van der Waals surface area contributed by atoms with Gasteiger partial charge in [-0.15, -0.1) is 0 Å². The Hall–Kier alpha value is -1.90. The van der Waals surface area contributed by atoms with Crippen molar-refractivity contribution in [3.05, 3.63) is 53.6 Å². The maximum absolute atomic E-state index is 10.9. The molecule has 1 N–H and O–H groups in total. The molecule has 0 saturated heterocycles. The first-order valence-electron chi connectivity index (χ1n) is 4.85. The van der Waals surface area contributed by atoms with Crippen molar-refractivity contribution in [2.24, 2.45) is 0 Å². The fourth-order valence-corrected chi connectivity index (χ4v) is 1.68. The lowest BCUT2D eigenvalue weighted by Gasteiger charge is -2.11. The summed E-state index contributed by atoms with van der Waals surface area (Å²) in [5.74, 6) is 0.161. The van der Waals surface area contributed by atoms with E-state index in [-0.39, 0.29) is 5.92 Å². The minimum atomic E-state index is 0.161. The highest BCUT2D eigenvalue weighted by molar-refractivity contribution is 5.77. The number of imidazole rings is 1. The van der Waals surface area contributed by atoms with E-state index in [4.69, 9.17) is 0 Å². The zero-order valence-corrected chi connectivity index (χ0v) is 8.47. The number of benzene rings is 1. The molecule has 0 saturated carbocycles. The molecule has 1 heterocycles. The van der Waals surface area contributed by atoms with Crippen LogP contribution >= 0.6 is 0 Å². The van der Waals surface area contributed by atoms with E-state index >= 15 is 0 Å². The van der Waals surface area contributed by atoms with Gasteiger partial charge in [0.25, 0.3) is 0 Å². The van der Waals surface area contributed by atoms with Gasteiger partial charge < -0.3 is 4.98 Å². The lowest BCUT2D eigenvalue weighted by molar-refractivity contribution is 0.112. The van der Waals surface area contributed by atoms with Crippen LogP contribution in [-0.2, 0) is 0 Å². The number of hydrogen-bond donors (Lipinski definition) is 1. The zero-order chi connectivity index (χ0) is 10.7. The summed E-state index contributed by atoms with van der Waals surface area (Å²) in [6.45, 7) is 2.05. The second-order valence-electron chi connectivity index (χ2n) is 3.48. The number of aldehydes is 1. The van der Waals surface area contributed by atoms with Gasteiger partial charge in [0, 0.05) is 23.4 Å². The summed E-state index contributed by atoms with van der Waals surface area (Å²) in [5, 5.41) is 0. The van der Waals surface area contributed by atoms with Crippen LogP contribution in [0.25, 0.3) is 0 Å². The fourth-order valence-electron chi connectivity index (χ4n) is 1.68. The van der Waals surface area contributed by atoms with Crippen LogP contribution in [0.4, 0.5) is 0 Å². The SMILES string of the molecule is CC(c1cnc[nH]1)c1ccccc1C=O. The van der Waals surface area contributed by atoms with E-state index in [1.165, 1.54) is 0 Å². The van der Waals surface area contributed by atoms with Crippen LogP contribution in [0.2, 0.25) is 0 Å². The first-order chi connectivity index (χ1) is 7.33. The van der Waals surface area contributed by atoms with Crippen molar-refractivity contribution in [1.82, 2.24) is 9.97 Å². The first-order valence-corrected chi connectivity index (χ1v) is 4.85. The normalized spacial score (nSPS) is 12.3. The minimum Gasteiger partial charge on any atom is -0.348 e. The third kappa shape index (κ3) is 1.81. The Bertz CT molecular complexity index is 448. The molecule has 1 atom stereocenters. The van der Waals surface area contributed by atoms with Gasteiger partial charge in [-0.1, -0.05) is 31.2 Å². The van der Waals surface area contributed by atoms with Crippen LogP contribution in [0, 0.1) is 0 Å². The number of aromatic nitrogens is 2. The number of nitrogens with zero attached hydrogens (tertiary/aromatic N) is 1. The van der Waals surface area contributed by atoms with Crippen LogP contribution in [0.5, 0.6) is 0 Å². The van der Waals surface area contributed by atoms with E-state index < -0.39 is 0 Å². The van der Waals surface area contributed by atoms with Gasteiger partial charge in [0.15, 0.2) is 0 Å². The molecule has 0 spiro atoms. The average Bonchev–Trinajstić information content (AvgIpc) is 2.81. The second kappa shape index (κ2) is 4.09. The molecule has 0 aliphatic rings. The lowest BCUT2D eigenvalue weighted by Crippen LogP contribution is -2.00. The highest BCUT2D eigenvalue weighted by atomic mass is 16.1. The maximum Gasteiger partial charge on any atom is 0.150 e. The minimum absolute atomic E-state index is 0.161. The molecule has 0 amide bonds. The van der Waals surface area contributed by atoms with Crippen LogP contribution in [0.1, 0.15) is 34.5 Å². The summed E-state index contributed by atoms with van der Waals surface area (Å²) < 4.78 is 0. The van der Waals surface area contributed by atoms with E-state index in [0.29, 0.717) is 0 Å². The van der Waals surface area contributed by atoms with E-state index in [0.717, 1.165) is 23.1 Å². The molecule has 0 aliphatic heterocycles. The van der Waals surface area contributed by atoms with Crippen LogP contribution < -0.4 is 0 Å². The second-order valence-corrected chi connectivity index (χ2v) is 3.48. The van der Waals surface area contributed by atoms with Crippen molar-refractivity contribution in [3.8, 4) is 0 Å². The van der Waals surface area contributed by atoms with Gasteiger partial charge in [-0.3, -0.25) is 4.79 Å². The summed E-state index contributed by atoms with van der Waals surface area (Å²) >= 11 is 0. The van der Waals surface area contributed by atoms with E-state index in [9.17, 15) is 4.79 Å². The molecule has 1 aromatic heterocycles. The number of carbonyl (C=O) groups is 1. The monoisotopic (exact) mass is 200 g/mol. The Morgan fingerprint density at radius 2 is 2.20 bits per heavy atom. The third-order valence-corrected chi connectivity index (χ3v) is 2.58. The fraction of sp³-hybridized carbons (Fsp3) is 0.167. The Morgan fingerprint density at radius 1 is 1.40 bits per heavy atom. The first kappa shape index (κ1) is 9.65. The molecule has 76 valence electrons. The van der Waals surface area contributed by atoms with Crippen LogP contribution in [0.15, 0.2) is 36.8 Å². The number of rotatable bonds is 3. The molecule has 2 rings (SSSR count). The van der Waals surface area contributed by atoms with Crippen LogP contribution in [0.3, 0.4) is 0 Å². The van der Waals surface area contributed by atoms with Gasteiger partial charge in [0.1, 0.15) is 6.29 Å². The van der Waals surface area contributed by atoms with E-state index in [2.05, 4.69) is 16.9 Å². The smallest absolute Gasteiger partial charge is 0.150 e. The molecular formula is C12H12N2O. The molecule has 1 unspecified atom stereocenters. The lowest BCUT2D eigenvalue weighted by atomic mass is 9.94. The van der Waals surface area contributed by atoms with Crippen molar-refractivity contribution in [1.29, 1.82) is 0 Å². The Morgan fingerprint density at radius 3 is 2.87 bits per heavy atom. The summed E-state index contributed by atoms with van der Waals surface area (Å²) in [4.78, 5) is 17.9. The standard InChI is InChI=1S/C12H12N2O/c1-9(12-6-13-8-14-12)11-5-3-2-4-10(11)7-15/h2-9H,1H3,(H,13,14). The summed E-state index contributed by atoms with van der Waals surface area (Å²) in [5.41, 5.74) is 2.78. The van der Waals surface area contributed by atoms with Gasteiger partial charge >= 0.3 is 0 Å². The zero-order valence-electron chi connectivity index (χ0n) is 8.47. The topological polar surface area (TPSA) is 45.8 Å². The van der Waals surface area contributed by atoms with Gasteiger partial charge in [-0.05, 0) is 5.56 Å². The Kier molecular flexibility index (Phi) is 2.63. The van der Waals surface area contributed by atoms with Gasteiger partial charge in [0.2, 0.25) is 0 Å². The van der Waals surface area contributed by atoms with Gasteiger partial charge in [-0.25, -0.2) is 4.98 Å². The summed E-state index contributed by atoms with van der Waals surface area (Å²) in [7, 11) is 0. The maximum atomic E-state index is 10.9. The molecule has 1 aromatic carbocycles. The average molecular weight is 200 g/mol. The number of H-pyrrole nitrogens is 1. The van der Waals surface area contributed by atoms with Crippen molar-refractivity contribution in [2.75, 3.05) is 0 Å². The van der Waals surface area contributed by atoms with Crippen LogP contribution in [-0.4, -0.2) is 16.3 Å².